The minimum absolute atomic E-state index is 0.210. The van der Waals surface area contributed by atoms with Crippen LogP contribution in [0.2, 0.25) is 0 Å². The van der Waals surface area contributed by atoms with Gasteiger partial charge < -0.3 is 10.4 Å². The molecule has 0 aliphatic heterocycles. The number of rotatable bonds is 7. The molecule has 0 aliphatic rings. The van der Waals surface area contributed by atoms with Gasteiger partial charge in [-0.3, -0.25) is 4.90 Å². The number of likely N-dealkylation sites (N-methyl/N-ethyl adjacent to an activating group) is 1. The van der Waals surface area contributed by atoms with E-state index in [1.165, 1.54) is 0 Å². The number of aliphatic hydroxyl groups excluding tert-OH is 1. The molecule has 2 N–H and O–H groups in total. The van der Waals surface area contributed by atoms with E-state index in [0.29, 0.717) is 6.04 Å². The fraction of sp³-hybridized carbons (Fsp3) is 0.778. The lowest BCUT2D eigenvalue weighted by molar-refractivity contribution is 0.171. The first-order valence-electron chi connectivity index (χ1n) is 4.36. The van der Waals surface area contributed by atoms with Crippen molar-refractivity contribution in [2.24, 2.45) is 0 Å². The van der Waals surface area contributed by atoms with Crippen LogP contribution in [0.5, 0.6) is 0 Å². The highest BCUT2D eigenvalue weighted by molar-refractivity contribution is 4.77. The van der Waals surface area contributed by atoms with Crippen molar-refractivity contribution in [2.45, 2.75) is 13.0 Å². The maximum Gasteiger partial charge on any atom is 0.0558 e. The molecule has 0 spiro atoms. The van der Waals surface area contributed by atoms with E-state index in [0.717, 1.165) is 19.6 Å². The summed E-state index contributed by atoms with van der Waals surface area (Å²) in [4.78, 5) is 2.18. The number of hydrogen-bond acceptors (Lipinski definition) is 3. The third-order valence-corrected chi connectivity index (χ3v) is 1.87. The van der Waals surface area contributed by atoms with E-state index < -0.39 is 0 Å². The maximum absolute atomic E-state index is 8.78. The molecule has 1 unspecified atom stereocenters. The van der Waals surface area contributed by atoms with Gasteiger partial charge in [-0.25, -0.2) is 0 Å². The molecule has 12 heavy (non-hydrogen) atoms. The Morgan fingerprint density at radius 2 is 2.33 bits per heavy atom. The van der Waals surface area contributed by atoms with Crippen LogP contribution >= 0.6 is 0 Å². The van der Waals surface area contributed by atoms with Gasteiger partial charge in [-0.05, 0) is 14.0 Å². The van der Waals surface area contributed by atoms with Crippen molar-refractivity contribution >= 4 is 0 Å². The second kappa shape index (κ2) is 7.28. The lowest BCUT2D eigenvalue weighted by atomic mass is 10.2. The summed E-state index contributed by atoms with van der Waals surface area (Å²) in [5, 5.41) is 11.9. The van der Waals surface area contributed by atoms with Crippen molar-refractivity contribution in [3.63, 3.8) is 0 Å². The molecular weight excluding hydrogens is 152 g/mol. The second-order valence-electron chi connectivity index (χ2n) is 2.91. The van der Waals surface area contributed by atoms with Crippen molar-refractivity contribution < 1.29 is 5.11 Å². The van der Waals surface area contributed by atoms with E-state index in [1.54, 1.807) is 0 Å². The molecule has 0 heterocycles. The minimum Gasteiger partial charge on any atom is -0.395 e. The van der Waals surface area contributed by atoms with E-state index in [2.05, 4.69) is 23.7 Å². The lowest BCUT2D eigenvalue weighted by Crippen LogP contribution is -2.41. The Balaban J connectivity index is 3.80. The number of nitrogens with one attached hydrogen (secondary N) is 1. The van der Waals surface area contributed by atoms with Crippen molar-refractivity contribution in [2.75, 3.05) is 33.3 Å². The Labute approximate surface area is 75.1 Å². The van der Waals surface area contributed by atoms with Crippen LogP contribution < -0.4 is 5.32 Å². The van der Waals surface area contributed by atoms with Crippen LogP contribution in [0.25, 0.3) is 0 Å². The molecule has 0 aliphatic carbocycles. The Morgan fingerprint density at radius 1 is 1.67 bits per heavy atom. The highest BCUT2D eigenvalue weighted by Gasteiger charge is 2.09. The molecule has 0 aromatic rings. The van der Waals surface area contributed by atoms with Gasteiger partial charge in [-0.2, -0.15) is 0 Å². The van der Waals surface area contributed by atoms with Gasteiger partial charge in [0.05, 0.1) is 6.61 Å². The Morgan fingerprint density at radius 3 is 2.75 bits per heavy atom. The van der Waals surface area contributed by atoms with E-state index in [4.69, 9.17) is 5.11 Å². The molecular formula is C9H20N2O. The monoisotopic (exact) mass is 172 g/mol. The predicted octanol–water partition coefficient (Wildman–Crippen LogP) is 0.0746. The van der Waals surface area contributed by atoms with Crippen LogP contribution in [0.1, 0.15) is 6.92 Å². The molecule has 0 fully saturated rings. The van der Waals surface area contributed by atoms with Gasteiger partial charge in [0.25, 0.3) is 0 Å². The minimum atomic E-state index is 0.210. The standard InChI is InChI=1S/C9H20N2O/c1-4-5-11(6-7-12)9(2)8-10-3/h4,9-10,12H,1,5-8H2,2-3H3. The first-order valence-corrected chi connectivity index (χ1v) is 4.36. The van der Waals surface area contributed by atoms with Gasteiger partial charge in [-0.1, -0.05) is 6.08 Å². The summed E-state index contributed by atoms with van der Waals surface area (Å²) in [6.45, 7) is 8.52. The Bertz CT molecular complexity index is 117. The van der Waals surface area contributed by atoms with E-state index >= 15 is 0 Å². The largest absolute Gasteiger partial charge is 0.395 e. The van der Waals surface area contributed by atoms with Crippen LogP contribution in [-0.2, 0) is 0 Å². The van der Waals surface area contributed by atoms with Gasteiger partial charge in [0.2, 0.25) is 0 Å². The average Bonchev–Trinajstić information content (AvgIpc) is 2.04. The Kier molecular flexibility index (Phi) is 7.05. The zero-order valence-corrected chi connectivity index (χ0v) is 8.08. The van der Waals surface area contributed by atoms with Gasteiger partial charge in [0.15, 0.2) is 0 Å². The summed E-state index contributed by atoms with van der Waals surface area (Å²) in [6.07, 6.45) is 1.86. The fourth-order valence-corrected chi connectivity index (χ4v) is 1.21. The normalized spacial score (nSPS) is 13.3. The molecule has 72 valence electrons. The summed E-state index contributed by atoms with van der Waals surface area (Å²) in [5.41, 5.74) is 0. The van der Waals surface area contributed by atoms with Gasteiger partial charge in [-0.15, -0.1) is 6.58 Å². The third-order valence-electron chi connectivity index (χ3n) is 1.87. The van der Waals surface area contributed by atoms with Gasteiger partial charge in [0.1, 0.15) is 0 Å². The average molecular weight is 172 g/mol. The molecule has 0 amide bonds. The van der Waals surface area contributed by atoms with Crippen LogP contribution in [0.3, 0.4) is 0 Å². The fourth-order valence-electron chi connectivity index (χ4n) is 1.21. The van der Waals surface area contributed by atoms with Gasteiger partial charge in [0, 0.05) is 25.7 Å². The highest BCUT2D eigenvalue weighted by atomic mass is 16.3. The first kappa shape index (κ1) is 11.6. The molecule has 1 atom stereocenters. The quantitative estimate of drug-likeness (QED) is 0.534. The predicted molar refractivity (Wildman–Crippen MR) is 52.2 cm³/mol. The van der Waals surface area contributed by atoms with Crippen LogP contribution in [0, 0.1) is 0 Å². The molecule has 3 heteroatoms. The second-order valence-corrected chi connectivity index (χ2v) is 2.91. The third kappa shape index (κ3) is 4.49. The number of aliphatic hydroxyl groups is 1. The first-order chi connectivity index (χ1) is 5.76. The van der Waals surface area contributed by atoms with E-state index in [1.807, 2.05) is 13.1 Å². The molecule has 0 saturated heterocycles. The smallest absolute Gasteiger partial charge is 0.0558 e. The van der Waals surface area contributed by atoms with E-state index in [9.17, 15) is 0 Å². The van der Waals surface area contributed by atoms with Crippen molar-refractivity contribution in [1.82, 2.24) is 10.2 Å². The summed E-state index contributed by atoms with van der Waals surface area (Å²) in [6, 6.07) is 0.445. The van der Waals surface area contributed by atoms with Crippen molar-refractivity contribution in [3.05, 3.63) is 12.7 Å². The summed E-state index contributed by atoms with van der Waals surface area (Å²) in [7, 11) is 1.93. The molecule has 0 saturated carbocycles. The zero-order valence-electron chi connectivity index (χ0n) is 8.08. The molecule has 0 aromatic heterocycles. The lowest BCUT2D eigenvalue weighted by Gasteiger charge is -2.26. The SMILES string of the molecule is C=CCN(CCO)C(C)CNC. The summed E-state index contributed by atoms with van der Waals surface area (Å²) >= 11 is 0. The molecule has 0 radical (unpaired) electrons. The molecule has 0 rings (SSSR count). The van der Waals surface area contributed by atoms with E-state index in [-0.39, 0.29) is 6.61 Å². The summed E-state index contributed by atoms with van der Waals surface area (Å²) in [5.74, 6) is 0. The molecule has 0 aromatic carbocycles. The van der Waals surface area contributed by atoms with Crippen LogP contribution in [0.15, 0.2) is 12.7 Å². The van der Waals surface area contributed by atoms with Crippen LogP contribution in [-0.4, -0.2) is 49.3 Å². The highest BCUT2D eigenvalue weighted by Crippen LogP contribution is 1.96. The van der Waals surface area contributed by atoms with Gasteiger partial charge >= 0.3 is 0 Å². The zero-order chi connectivity index (χ0) is 9.40. The molecule has 3 nitrogen and oxygen atoms in total. The van der Waals surface area contributed by atoms with Crippen LogP contribution in [0.4, 0.5) is 0 Å². The van der Waals surface area contributed by atoms with Crippen molar-refractivity contribution in [3.8, 4) is 0 Å². The summed E-state index contributed by atoms with van der Waals surface area (Å²) < 4.78 is 0. The maximum atomic E-state index is 8.78. The number of hydrogen-bond donors (Lipinski definition) is 2. The topological polar surface area (TPSA) is 35.5 Å². The van der Waals surface area contributed by atoms with Crippen molar-refractivity contribution in [1.29, 1.82) is 0 Å². The molecule has 0 bridgehead atoms. The Hall–Kier alpha value is -0.380. The number of nitrogens with zero attached hydrogens (tertiary/aromatic N) is 1.